The Bertz CT molecular complexity index is 616. The van der Waals surface area contributed by atoms with Crippen molar-refractivity contribution < 1.29 is 8.42 Å². The number of hydrogen-bond acceptors (Lipinski definition) is 4. The zero-order valence-electron chi connectivity index (χ0n) is 8.64. The number of nitrogen functional groups attached to an aromatic ring is 1. The van der Waals surface area contributed by atoms with Gasteiger partial charge >= 0.3 is 0 Å². The van der Waals surface area contributed by atoms with Gasteiger partial charge in [0.15, 0.2) is 9.84 Å². The van der Waals surface area contributed by atoms with Gasteiger partial charge in [0.2, 0.25) is 0 Å². The molecule has 0 saturated heterocycles. The van der Waals surface area contributed by atoms with Crippen LogP contribution in [0.25, 0.3) is 11.3 Å². The summed E-state index contributed by atoms with van der Waals surface area (Å²) in [5, 5.41) is 6.47. The first-order chi connectivity index (χ1) is 7.48. The largest absolute Gasteiger partial charge is 0.382 e. The lowest BCUT2D eigenvalue weighted by Gasteiger charge is -2.04. The van der Waals surface area contributed by atoms with Gasteiger partial charge in [-0.25, -0.2) is 8.42 Å². The molecule has 6 heteroatoms. The van der Waals surface area contributed by atoms with Crippen molar-refractivity contribution >= 4 is 15.7 Å². The lowest BCUT2D eigenvalue weighted by atomic mass is 10.1. The van der Waals surface area contributed by atoms with Crippen LogP contribution in [0.5, 0.6) is 0 Å². The molecule has 0 radical (unpaired) electrons. The molecular weight excluding hydrogens is 226 g/mol. The Morgan fingerprint density at radius 2 is 2.00 bits per heavy atom. The van der Waals surface area contributed by atoms with E-state index in [1.165, 1.54) is 6.26 Å². The quantitative estimate of drug-likeness (QED) is 0.817. The topological polar surface area (TPSA) is 88.8 Å². The van der Waals surface area contributed by atoms with Crippen molar-refractivity contribution in [1.29, 1.82) is 0 Å². The predicted octanol–water partition coefficient (Wildman–Crippen LogP) is 1.06. The van der Waals surface area contributed by atoms with Crippen LogP contribution in [0.3, 0.4) is 0 Å². The van der Waals surface area contributed by atoms with Crippen LogP contribution in [0.4, 0.5) is 5.82 Å². The van der Waals surface area contributed by atoms with Crippen LogP contribution in [-0.4, -0.2) is 24.9 Å². The maximum absolute atomic E-state index is 11.6. The van der Waals surface area contributed by atoms with Gasteiger partial charge in [-0.15, -0.1) is 0 Å². The van der Waals surface area contributed by atoms with Crippen molar-refractivity contribution in [2.45, 2.75) is 4.90 Å². The monoisotopic (exact) mass is 237 g/mol. The summed E-state index contributed by atoms with van der Waals surface area (Å²) in [6.45, 7) is 0. The van der Waals surface area contributed by atoms with E-state index in [-0.39, 0.29) is 4.90 Å². The molecule has 2 aromatic rings. The Morgan fingerprint density at radius 1 is 1.31 bits per heavy atom. The number of benzene rings is 1. The molecule has 0 aliphatic rings. The SMILES string of the molecule is CS(=O)(=O)c1ccccc1-c1cc(N)n[nH]1. The van der Waals surface area contributed by atoms with Gasteiger partial charge in [0.1, 0.15) is 5.82 Å². The third-order valence-corrected chi connectivity index (χ3v) is 3.33. The fourth-order valence-corrected chi connectivity index (χ4v) is 2.39. The van der Waals surface area contributed by atoms with E-state index in [4.69, 9.17) is 5.73 Å². The third-order valence-electron chi connectivity index (χ3n) is 2.17. The van der Waals surface area contributed by atoms with Gasteiger partial charge in [0.25, 0.3) is 0 Å². The van der Waals surface area contributed by atoms with Gasteiger partial charge in [-0.3, -0.25) is 5.10 Å². The minimum Gasteiger partial charge on any atom is -0.382 e. The highest BCUT2D eigenvalue weighted by Gasteiger charge is 2.14. The Labute approximate surface area is 93.2 Å². The summed E-state index contributed by atoms with van der Waals surface area (Å²) in [4.78, 5) is 0.263. The highest BCUT2D eigenvalue weighted by molar-refractivity contribution is 7.90. The smallest absolute Gasteiger partial charge is 0.176 e. The molecule has 3 N–H and O–H groups in total. The lowest BCUT2D eigenvalue weighted by molar-refractivity contribution is 0.602. The van der Waals surface area contributed by atoms with E-state index in [0.29, 0.717) is 17.1 Å². The molecule has 1 heterocycles. The number of hydrogen-bond donors (Lipinski definition) is 2. The zero-order valence-corrected chi connectivity index (χ0v) is 9.45. The van der Waals surface area contributed by atoms with Crippen LogP contribution >= 0.6 is 0 Å². The molecule has 16 heavy (non-hydrogen) atoms. The molecule has 0 spiro atoms. The molecule has 0 amide bonds. The van der Waals surface area contributed by atoms with Gasteiger partial charge in [-0.2, -0.15) is 5.10 Å². The van der Waals surface area contributed by atoms with E-state index in [9.17, 15) is 8.42 Å². The molecule has 0 fully saturated rings. The van der Waals surface area contributed by atoms with E-state index >= 15 is 0 Å². The highest BCUT2D eigenvalue weighted by atomic mass is 32.2. The summed E-state index contributed by atoms with van der Waals surface area (Å²) >= 11 is 0. The van der Waals surface area contributed by atoms with Crippen LogP contribution in [-0.2, 0) is 9.84 Å². The van der Waals surface area contributed by atoms with Crippen molar-refractivity contribution in [2.24, 2.45) is 0 Å². The van der Waals surface area contributed by atoms with Gasteiger partial charge in [-0.1, -0.05) is 18.2 Å². The average molecular weight is 237 g/mol. The molecule has 0 aliphatic carbocycles. The summed E-state index contributed by atoms with van der Waals surface area (Å²) in [7, 11) is -3.26. The van der Waals surface area contributed by atoms with Crippen molar-refractivity contribution in [1.82, 2.24) is 10.2 Å². The molecule has 2 rings (SSSR count). The number of H-pyrrole nitrogens is 1. The minimum atomic E-state index is -3.26. The van der Waals surface area contributed by atoms with Crippen LogP contribution in [0.1, 0.15) is 0 Å². The maximum Gasteiger partial charge on any atom is 0.176 e. The van der Waals surface area contributed by atoms with Crippen LogP contribution in [0.2, 0.25) is 0 Å². The van der Waals surface area contributed by atoms with E-state index in [1.54, 1.807) is 30.3 Å². The van der Waals surface area contributed by atoms with Gasteiger partial charge in [0, 0.05) is 17.9 Å². The Morgan fingerprint density at radius 3 is 2.56 bits per heavy atom. The lowest BCUT2D eigenvalue weighted by Crippen LogP contribution is -1.99. The highest BCUT2D eigenvalue weighted by Crippen LogP contribution is 2.26. The molecule has 0 bridgehead atoms. The normalized spacial score (nSPS) is 11.6. The number of anilines is 1. The number of sulfone groups is 1. The molecule has 1 aromatic carbocycles. The number of rotatable bonds is 2. The fourth-order valence-electron chi connectivity index (χ4n) is 1.49. The van der Waals surface area contributed by atoms with Gasteiger partial charge in [0.05, 0.1) is 10.6 Å². The Balaban J connectivity index is 2.66. The Hall–Kier alpha value is -1.82. The summed E-state index contributed by atoms with van der Waals surface area (Å²) in [5.74, 6) is 0.332. The molecule has 5 nitrogen and oxygen atoms in total. The maximum atomic E-state index is 11.6. The number of aromatic amines is 1. The first-order valence-electron chi connectivity index (χ1n) is 4.59. The summed E-state index contributed by atoms with van der Waals surface area (Å²) < 4.78 is 23.1. The molecule has 0 saturated carbocycles. The van der Waals surface area contributed by atoms with Crippen molar-refractivity contribution in [3.63, 3.8) is 0 Å². The van der Waals surface area contributed by atoms with Gasteiger partial charge < -0.3 is 5.73 Å². The molecule has 0 unspecified atom stereocenters. The first kappa shape index (κ1) is 10.7. The van der Waals surface area contributed by atoms with Crippen molar-refractivity contribution in [2.75, 3.05) is 12.0 Å². The van der Waals surface area contributed by atoms with E-state index in [2.05, 4.69) is 10.2 Å². The number of nitrogens with zero attached hydrogens (tertiary/aromatic N) is 1. The summed E-state index contributed by atoms with van der Waals surface area (Å²) in [6, 6.07) is 8.32. The fraction of sp³-hybridized carbons (Fsp3) is 0.100. The van der Waals surface area contributed by atoms with E-state index in [1.807, 2.05) is 0 Å². The molecular formula is C10H11N3O2S. The second-order valence-electron chi connectivity index (χ2n) is 3.47. The standard InChI is InChI=1S/C10H11N3O2S/c1-16(14,15)9-5-3-2-4-7(9)8-6-10(11)13-12-8/h2-6H,1H3,(H3,11,12,13). The molecule has 0 atom stereocenters. The first-order valence-corrected chi connectivity index (χ1v) is 6.48. The summed E-state index contributed by atoms with van der Waals surface area (Å²) in [6.07, 6.45) is 1.17. The van der Waals surface area contributed by atoms with Gasteiger partial charge in [-0.05, 0) is 6.07 Å². The Kier molecular flexibility index (Phi) is 2.43. The van der Waals surface area contributed by atoms with Crippen molar-refractivity contribution in [3.8, 4) is 11.3 Å². The van der Waals surface area contributed by atoms with Crippen LogP contribution in [0, 0.1) is 0 Å². The third kappa shape index (κ3) is 1.92. The molecule has 84 valence electrons. The number of aromatic nitrogens is 2. The molecule has 0 aliphatic heterocycles. The minimum absolute atomic E-state index is 0.263. The average Bonchev–Trinajstić information content (AvgIpc) is 2.64. The number of nitrogens with one attached hydrogen (secondary N) is 1. The van der Waals surface area contributed by atoms with E-state index in [0.717, 1.165) is 0 Å². The van der Waals surface area contributed by atoms with Crippen LogP contribution < -0.4 is 5.73 Å². The number of nitrogens with two attached hydrogens (primary N) is 1. The summed E-state index contributed by atoms with van der Waals surface area (Å²) in [5.41, 5.74) is 6.66. The second kappa shape index (κ2) is 3.64. The zero-order chi connectivity index (χ0) is 11.8. The second-order valence-corrected chi connectivity index (χ2v) is 5.46. The predicted molar refractivity (Wildman–Crippen MR) is 61.5 cm³/mol. The van der Waals surface area contributed by atoms with Crippen LogP contribution in [0.15, 0.2) is 35.2 Å². The van der Waals surface area contributed by atoms with Crippen molar-refractivity contribution in [3.05, 3.63) is 30.3 Å². The molecule has 1 aromatic heterocycles. The van der Waals surface area contributed by atoms with E-state index < -0.39 is 9.84 Å².